The smallest absolute Gasteiger partial charge is 0.115 e. The molecule has 1 aromatic heterocycles. The molecule has 3 heteroatoms. The van der Waals surface area contributed by atoms with Gasteiger partial charge in [0.05, 0.1) is 5.69 Å². The van der Waals surface area contributed by atoms with Gasteiger partial charge in [-0.15, -0.1) is 0 Å². The maximum absolute atomic E-state index is 5.52. The molecule has 0 aliphatic heterocycles. The third-order valence-electron chi connectivity index (χ3n) is 1.67. The van der Waals surface area contributed by atoms with Gasteiger partial charge in [0.15, 0.2) is 0 Å². The van der Waals surface area contributed by atoms with Gasteiger partial charge >= 0.3 is 0 Å². The Morgan fingerprint density at radius 3 is 3.00 bits per heavy atom. The Labute approximate surface area is 72.3 Å². The molecular formula is C9H13N3. The monoisotopic (exact) mass is 163 g/mol. The van der Waals surface area contributed by atoms with Gasteiger partial charge in [-0.1, -0.05) is 12.5 Å². The van der Waals surface area contributed by atoms with Crippen LogP contribution in [-0.4, -0.2) is 16.5 Å². The zero-order valence-corrected chi connectivity index (χ0v) is 7.20. The van der Waals surface area contributed by atoms with Crippen molar-refractivity contribution in [2.45, 2.75) is 13.3 Å². The highest BCUT2D eigenvalue weighted by Gasteiger charge is 1.91. The lowest BCUT2D eigenvalue weighted by Gasteiger charge is -1.98. The van der Waals surface area contributed by atoms with E-state index in [1.807, 2.05) is 12.1 Å². The molecule has 0 unspecified atom stereocenters. The fraction of sp³-hybridized carbons (Fsp3) is 0.333. The average molecular weight is 163 g/mol. The molecule has 0 aliphatic carbocycles. The number of nitrogens with two attached hydrogens (primary N) is 1. The molecule has 0 atom stereocenters. The lowest BCUT2D eigenvalue weighted by Crippen LogP contribution is -2.01. The number of hydrogen-bond donors (Lipinski definition) is 1. The number of nitrogens with zero attached hydrogens (tertiary/aromatic N) is 2. The Morgan fingerprint density at radius 1 is 1.67 bits per heavy atom. The lowest BCUT2D eigenvalue weighted by atomic mass is 10.1. The summed E-state index contributed by atoms with van der Waals surface area (Å²) in [7, 11) is 0. The Balaban J connectivity index is 2.79. The molecule has 1 aromatic rings. The Kier molecular flexibility index (Phi) is 3.41. The van der Waals surface area contributed by atoms with Crippen molar-refractivity contribution in [2.75, 3.05) is 6.54 Å². The van der Waals surface area contributed by atoms with Crippen LogP contribution in [0.4, 0.5) is 0 Å². The summed E-state index contributed by atoms with van der Waals surface area (Å²) in [6.45, 7) is 2.68. The molecule has 0 spiro atoms. The summed E-state index contributed by atoms with van der Waals surface area (Å²) in [6, 6.07) is 1.87. The standard InChI is InChI=1S/C9H13N3/c1-2-8(6-10)5-9-3-4-11-7-12-9/h3-5,7H,2,6,10H2,1H3/b8-5-. The molecule has 0 aromatic carbocycles. The van der Waals surface area contributed by atoms with Gasteiger partial charge in [0, 0.05) is 12.7 Å². The molecular weight excluding hydrogens is 150 g/mol. The predicted octanol–water partition coefficient (Wildman–Crippen LogP) is 1.23. The van der Waals surface area contributed by atoms with Crippen LogP contribution in [0.3, 0.4) is 0 Å². The van der Waals surface area contributed by atoms with E-state index in [0.717, 1.165) is 12.1 Å². The van der Waals surface area contributed by atoms with Crippen LogP contribution in [-0.2, 0) is 0 Å². The van der Waals surface area contributed by atoms with E-state index in [9.17, 15) is 0 Å². The lowest BCUT2D eigenvalue weighted by molar-refractivity contribution is 1.02. The van der Waals surface area contributed by atoms with Gasteiger partial charge in [0.2, 0.25) is 0 Å². The Hall–Kier alpha value is -1.22. The summed E-state index contributed by atoms with van der Waals surface area (Å²) in [5.74, 6) is 0. The van der Waals surface area contributed by atoms with Crippen LogP contribution in [0.15, 0.2) is 24.2 Å². The second-order valence-electron chi connectivity index (χ2n) is 2.49. The topological polar surface area (TPSA) is 51.8 Å². The van der Waals surface area contributed by atoms with E-state index in [2.05, 4.69) is 16.9 Å². The van der Waals surface area contributed by atoms with Crippen molar-refractivity contribution in [3.8, 4) is 0 Å². The number of hydrogen-bond acceptors (Lipinski definition) is 3. The highest BCUT2D eigenvalue weighted by molar-refractivity contribution is 5.48. The van der Waals surface area contributed by atoms with Crippen molar-refractivity contribution in [1.82, 2.24) is 9.97 Å². The van der Waals surface area contributed by atoms with Crippen molar-refractivity contribution in [2.24, 2.45) is 5.73 Å². The molecule has 12 heavy (non-hydrogen) atoms. The van der Waals surface area contributed by atoms with E-state index < -0.39 is 0 Å². The van der Waals surface area contributed by atoms with E-state index >= 15 is 0 Å². The molecule has 64 valence electrons. The highest BCUT2D eigenvalue weighted by Crippen LogP contribution is 2.04. The van der Waals surface area contributed by atoms with E-state index in [0.29, 0.717) is 6.54 Å². The maximum atomic E-state index is 5.52. The molecule has 0 saturated heterocycles. The van der Waals surface area contributed by atoms with Gasteiger partial charge in [0.1, 0.15) is 6.33 Å². The summed E-state index contributed by atoms with van der Waals surface area (Å²) >= 11 is 0. The molecule has 0 aliphatic rings. The SMILES string of the molecule is CC/C(=C/c1ccncn1)CN. The summed E-state index contributed by atoms with van der Waals surface area (Å²) in [5.41, 5.74) is 7.65. The molecule has 0 amide bonds. The quantitative estimate of drug-likeness (QED) is 0.729. The summed E-state index contributed by atoms with van der Waals surface area (Å²) in [4.78, 5) is 7.90. The van der Waals surface area contributed by atoms with Crippen molar-refractivity contribution in [3.05, 3.63) is 29.9 Å². The normalized spacial score (nSPS) is 11.7. The summed E-state index contributed by atoms with van der Waals surface area (Å²) in [6.07, 6.45) is 6.24. The van der Waals surface area contributed by atoms with Gasteiger partial charge < -0.3 is 5.73 Å². The molecule has 0 saturated carbocycles. The van der Waals surface area contributed by atoms with Crippen LogP contribution in [0.5, 0.6) is 0 Å². The summed E-state index contributed by atoms with van der Waals surface area (Å²) < 4.78 is 0. The first-order chi connectivity index (χ1) is 5.86. The Bertz CT molecular complexity index is 248. The van der Waals surface area contributed by atoms with E-state index in [4.69, 9.17) is 5.73 Å². The van der Waals surface area contributed by atoms with Crippen LogP contribution in [0.1, 0.15) is 19.0 Å². The van der Waals surface area contributed by atoms with Crippen molar-refractivity contribution < 1.29 is 0 Å². The van der Waals surface area contributed by atoms with Crippen LogP contribution in [0.2, 0.25) is 0 Å². The van der Waals surface area contributed by atoms with E-state index in [-0.39, 0.29) is 0 Å². The largest absolute Gasteiger partial charge is 0.327 e. The van der Waals surface area contributed by atoms with Crippen LogP contribution in [0.25, 0.3) is 6.08 Å². The predicted molar refractivity (Wildman–Crippen MR) is 49.4 cm³/mol. The maximum Gasteiger partial charge on any atom is 0.115 e. The van der Waals surface area contributed by atoms with Crippen LogP contribution in [0, 0.1) is 0 Å². The van der Waals surface area contributed by atoms with Crippen LogP contribution < -0.4 is 5.73 Å². The molecule has 3 nitrogen and oxygen atoms in total. The third kappa shape index (κ3) is 2.43. The molecule has 2 N–H and O–H groups in total. The van der Waals surface area contributed by atoms with Gasteiger partial charge in [-0.05, 0) is 18.6 Å². The second kappa shape index (κ2) is 4.62. The fourth-order valence-corrected chi connectivity index (χ4v) is 0.901. The number of rotatable bonds is 3. The highest BCUT2D eigenvalue weighted by atomic mass is 14.8. The van der Waals surface area contributed by atoms with Gasteiger partial charge in [0.25, 0.3) is 0 Å². The van der Waals surface area contributed by atoms with E-state index in [1.165, 1.54) is 11.9 Å². The van der Waals surface area contributed by atoms with Crippen molar-refractivity contribution in [1.29, 1.82) is 0 Å². The number of aromatic nitrogens is 2. The van der Waals surface area contributed by atoms with Gasteiger partial charge in [-0.3, -0.25) is 0 Å². The molecule has 1 heterocycles. The zero-order valence-electron chi connectivity index (χ0n) is 7.20. The third-order valence-corrected chi connectivity index (χ3v) is 1.67. The first-order valence-electron chi connectivity index (χ1n) is 4.02. The average Bonchev–Trinajstić information content (AvgIpc) is 2.16. The Morgan fingerprint density at radius 2 is 2.50 bits per heavy atom. The minimum atomic E-state index is 0.598. The van der Waals surface area contributed by atoms with E-state index in [1.54, 1.807) is 6.20 Å². The first kappa shape index (κ1) is 8.87. The molecule has 0 fully saturated rings. The fourth-order valence-electron chi connectivity index (χ4n) is 0.901. The second-order valence-corrected chi connectivity index (χ2v) is 2.49. The van der Waals surface area contributed by atoms with Gasteiger partial charge in [-0.25, -0.2) is 9.97 Å². The molecule has 1 rings (SSSR count). The van der Waals surface area contributed by atoms with Crippen LogP contribution >= 0.6 is 0 Å². The molecule has 0 bridgehead atoms. The zero-order chi connectivity index (χ0) is 8.81. The minimum Gasteiger partial charge on any atom is -0.327 e. The molecule has 0 radical (unpaired) electrons. The minimum absolute atomic E-state index is 0.598. The van der Waals surface area contributed by atoms with Crippen molar-refractivity contribution >= 4 is 6.08 Å². The first-order valence-corrected chi connectivity index (χ1v) is 4.02. The van der Waals surface area contributed by atoms with Crippen molar-refractivity contribution in [3.63, 3.8) is 0 Å². The van der Waals surface area contributed by atoms with Gasteiger partial charge in [-0.2, -0.15) is 0 Å². The summed E-state index contributed by atoms with van der Waals surface area (Å²) in [5, 5.41) is 0.